The topological polar surface area (TPSA) is 362 Å². The summed E-state index contributed by atoms with van der Waals surface area (Å²) in [6.07, 6.45) is 4.61. The van der Waals surface area contributed by atoms with Gasteiger partial charge in [-0.2, -0.15) is 0 Å². The molecule has 0 spiro atoms. The lowest BCUT2D eigenvalue weighted by atomic mass is 9.89. The number of ether oxygens (including phenoxy) is 5. The first-order valence-electron chi connectivity index (χ1n) is 30.2. The summed E-state index contributed by atoms with van der Waals surface area (Å²) in [5.74, 6) is -4.28. The summed E-state index contributed by atoms with van der Waals surface area (Å²) >= 11 is 6.65. The van der Waals surface area contributed by atoms with Gasteiger partial charge in [0.1, 0.15) is 30.3 Å². The average molecular weight is 1310 g/mol. The third-order valence-electron chi connectivity index (χ3n) is 15.3. The van der Waals surface area contributed by atoms with Gasteiger partial charge in [0.25, 0.3) is 23.6 Å². The zero-order valence-electron chi connectivity index (χ0n) is 52.4. The number of aryl methyl sites for hydroxylation is 1. The standard InChI is InChI=1S/C64H78ClN11O17/c1-39(2)57(71-62(86)91-29-24-75-53(80)17-18-54(75)81)50(79)32-43(9-7-20-67-61(66)85)59(83)68-45-13-11-42(12-14-45)38-92-63(87)72(5)21-22-73(23-28-90-31-26-78)64(88)93-51-33-49-56(55-40(3)8-6-10-47(51)55)44(34-65)35-76(49)60(84)48-37-74-36-46(15-16-52(74)70-48)69-58(82)41(4)19-27-89-30-25-77/h6,8,10-19,33,36-37,39,43-44,57,77-78H,7,9,20-32,34-35,38H2,1-5H3,(H,68,83)(H,69,82)(H,71,86)(H3,66,67,85)/b41-19+/t43-,44-,57+/m1/s1. The molecule has 498 valence electrons. The Morgan fingerprint density at radius 3 is 2.28 bits per heavy atom. The molecule has 3 atom stereocenters. The van der Waals surface area contributed by atoms with Crippen LogP contribution in [0, 0.1) is 18.8 Å². The summed E-state index contributed by atoms with van der Waals surface area (Å²) in [4.78, 5) is 140. The van der Waals surface area contributed by atoms with Crippen molar-refractivity contribution in [3.8, 4) is 5.75 Å². The second-order valence-corrected chi connectivity index (χ2v) is 22.6. The van der Waals surface area contributed by atoms with Gasteiger partial charge in [0.05, 0.1) is 63.6 Å². The van der Waals surface area contributed by atoms with Crippen LogP contribution in [0.3, 0.4) is 0 Å². The Morgan fingerprint density at radius 1 is 0.860 bits per heavy atom. The number of alkyl carbamates (subject to hydrolysis) is 1. The van der Waals surface area contributed by atoms with Crippen LogP contribution >= 0.6 is 11.6 Å². The molecule has 29 heteroatoms. The molecule has 5 aromatic rings. The van der Waals surface area contributed by atoms with Gasteiger partial charge in [-0.1, -0.05) is 50.3 Å². The molecule has 2 aromatic heterocycles. The van der Waals surface area contributed by atoms with E-state index in [-0.39, 0.29) is 141 Å². The van der Waals surface area contributed by atoms with E-state index < -0.39 is 71.6 Å². The number of Topliss-reactive ketones (excluding diaryl/α,β-unsaturated/α-hetero) is 1. The zero-order chi connectivity index (χ0) is 67.3. The van der Waals surface area contributed by atoms with Crippen LogP contribution in [0.25, 0.3) is 16.4 Å². The minimum absolute atomic E-state index is 0.00251. The molecule has 0 saturated heterocycles. The Labute approximate surface area is 541 Å². The number of fused-ring (bicyclic) bond motifs is 4. The molecule has 7 rings (SSSR count). The molecule has 93 heavy (non-hydrogen) atoms. The van der Waals surface area contributed by atoms with Crippen molar-refractivity contribution in [1.29, 1.82) is 0 Å². The number of pyridine rings is 1. The Morgan fingerprint density at radius 2 is 1.58 bits per heavy atom. The number of aromatic nitrogens is 2. The van der Waals surface area contributed by atoms with Gasteiger partial charge in [-0.15, -0.1) is 11.6 Å². The van der Waals surface area contributed by atoms with E-state index in [4.69, 9.17) is 46.1 Å². The number of nitrogens with two attached hydrogens (primary N) is 1. The highest BCUT2D eigenvalue weighted by Crippen LogP contribution is 2.47. The second kappa shape index (κ2) is 34.3. The van der Waals surface area contributed by atoms with Crippen LogP contribution in [0.1, 0.15) is 73.1 Å². The number of benzene rings is 3. The normalized spacial score (nSPS) is 14.2. The number of carbonyl (C=O) groups excluding carboxylic acids is 10. The number of imide groups is 1. The number of amides is 10. The van der Waals surface area contributed by atoms with Gasteiger partial charge in [-0.3, -0.25) is 33.7 Å². The third-order valence-corrected chi connectivity index (χ3v) is 15.7. The van der Waals surface area contributed by atoms with Crippen molar-refractivity contribution < 1.29 is 81.8 Å². The number of aliphatic hydroxyl groups excluding tert-OH is 2. The van der Waals surface area contributed by atoms with E-state index in [1.54, 1.807) is 91.0 Å². The number of hydrogen-bond acceptors (Lipinski definition) is 18. The van der Waals surface area contributed by atoms with Crippen molar-refractivity contribution in [2.24, 2.45) is 17.6 Å². The molecule has 0 radical (unpaired) electrons. The molecule has 2 aliphatic rings. The maximum Gasteiger partial charge on any atom is 0.415 e. The lowest BCUT2D eigenvalue weighted by molar-refractivity contribution is -0.137. The van der Waals surface area contributed by atoms with E-state index in [9.17, 15) is 53.1 Å². The quantitative estimate of drug-likeness (QED) is 0.0120. The van der Waals surface area contributed by atoms with E-state index in [1.807, 2.05) is 25.1 Å². The first-order valence-corrected chi connectivity index (χ1v) is 30.7. The number of nitrogens with one attached hydrogen (secondary N) is 4. The van der Waals surface area contributed by atoms with Crippen LogP contribution in [0.5, 0.6) is 5.75 Å². The molecular formula is C64H78ClN11O17. The summed E-state index contributed by atoms with van der Waals surface area (Å²) in [5, 5.41) is 30.3. The van der Waals surface area contributed by atoms with E-state index in [0.717, 1.165) is 33.6 Å². The average Bonchev–Trinajstić information content (AvgIpc) is 1.65. The number of urea groups is 1. The van der Waals surface area contributed by atoms with Gasteiger partial charge in [0, 0.05) is 111 Å². The van der Waals surface area contributed by atoms with Gasteiger partial charge in [0.15, 0.2) is 5.78 Å². The third kappa shape index (κ3) is 19.5. The number of rotatable bonds is 33. The fourth-order valence-electron chi connectivity index (χ4n) is 10.3. The van der Waals surface area contributed by atoms with E-state index >= 15 is 0 Å². The fraction of sp³-hybridized carbons (Fsp3) is 0.422. The monoisotopic (exact) mass is 1310 g/mol. The van der Waals surface area contributed by atoms with Crippen molar-refractivity contribution in [2.75, 3.05) is 114 Å². The molecule has 0 fully saturated rings. The van der Waals surface area contributed by atoms with Crippen molar-refractivity contribution in [2.45, 2.75) is 65.5 Å². The fourth-order valence-corrected chi connectivity index (χ4v) is 10.6. The molecule has 3 aromatic carbocycles. The zero-order valence-corrected chi connectivity index (χ0v) is 53.1. The second-order valence-electron chi connectivity index (χ2n) is 22.3. The van der Waals surface area contributed by atoms with Crippen molar-refractivity contribution in [3.63, 3.8) is 0 Å². The molecular weight excluding hydrogens is 1230 g/mol. The van der Waals surface area contributed by atoms with E-state index in [1.165, 1.54) is 16.8 Å². The lowest BCUT2D eigenvalue weighted by Gasteiger charge is -2.26. The number of anilines is 3. The Bertz CT molecular complexity index is 3600. The van der Waals surface area contributed by atoms with E-state index in [2.05, 4.69) is 26.3 Å². The smallest absolute Gasteiger partial charge is 0.415 e. The number of likely N-dealkylation sites (N-methyl/N-ethyl adjacent to an activating group) is 1. The van der Waals surface area contributed by atoms with Crippen LogP contribution in [0.4, 0.5) is 36.2 Å². The predicted molar refractivity (Wildman–Crippen MR) is 342 cm³/mol. The number of halogens is 1. The molecule has 4 heterocycles. The molecule has 8 N–H and O–H groups in total. The van der Waals surface area contributed by atoms with Gasteiger partial charge in [0.2, 0.25) is 5.91 Å². The van der Waals surface area contributed by atoms with Gasteiger partial charge in [-0.05, 0) is 78.9 Å². The number of carbonyl (C=O) groups is 10. The van der Waals surface area contributed by atoms with Crippen LogP contribution in [0.2, 0.25) is 0 Å². The molecule has 10 amide bonds. The summed E-state index contributed by atoms with van der Waals surface area (Å²) in [7, 11) is 1.49. The summed E-state index contributed by atoms with van der Waals surface area (Å²) < 4.78 is 29.4. The van der Waals surface area contributed by atoms with Crippen molar-refractivity contribution in [3.05, 3.63) is 119 Å². The number of aliphatic hydroxyl groups is 2. The maximum atomic E-state index is 14.6. The minimum Gasteiger partial charge on any atom is -0.448 e. The number of nitrogens with zero attached hydrogens (tertiary/aromatic N) is 6. The molecule has 0 saturated carbocycles. The number of imidazole rings is 1. The number of alkyl halides is 1. The van der Waals surface area contributed by atoms with Crippen LogP contribution < -0.4 is 36.6 Å². The highest BCUT2D eigenvalue weighted by Gasteiger charge is 2.38. The summed E-state index contributed by atoms with van der Waals surface area (Å²) in [5.41, 5.74) is 9.59. The lowest BCUT2D eigenvalue weighted by Crippen LogP contribution is -2.46. The number of ketones is 1. The highest BCUT2D eigenvalue weighted by molar-refractivity contribution is 6.19. The summed E-state index contributed by atoms with van der Waals surface area (Å²) in [6, 6.07) is 15.1. The van der Waals surface area contributed by atoms with Crippen LogP contribution in [0.15, 0.2) is 96.9 Å². The number of primary amides is 1. The van der Waals surface area contributed by atoms with E-state index in [0.29, 0.717) is 39.2 Å². The minimum atomic E-state index is -1.07. The van der Waals surface area contributed by atoms with Gasteiger partial charge in [-0.25, -0.2) is 24.2 Å². The van der Waals surface area contributed by atoms with Crippen LogP contribution in [-0.2, 0) is 49.5 Å². The summed E-state index contributed by atoms with van der Waals surface area (Å²) in [6.45, 7) is 6.37. The van der Waals surface area contributed by atoms with Crippen molar-refractivity contribution in [1.82, 2.24) is 34.7 Å². The van der Waals surface area contributed by atoms with Crippen LogP contribution in [-0.4, -0.2) is 198 Å². The van der Waals surface area contributed by atoms with Gasteiger partial charge < -0.3 is 80.0 Å². The Kier molecular flexibility index (Phi) is 26.1. The predicted octanol–water partition coefficient (Wildman–Crippen LogP) is 5.39. The first kappa shape index (κ1) is 71.0. The Hall–Kier alpha value is -9.48. The number of hydrogen-bond donors (Lipinski definition) is 7. The molecule has 28 nitrogen and oxygen atoms in total. The van der Waals surface area contributed by atoms with Gasteiger partial charge >= 0.3 is 24.3 Å². The molecule has 0 bridgehead atoms. The maximum absolute atomic E-state index is 14.6. The molecule has 0 unspecified atom stereocenters. The first-order chi connectivity index (χ1) is 44.6. The largest absolute Gasteiger partial charge is 0.448 e. The highest BCUT2D eigenvalue weighted by atomic mass is 35.5. The SMILES string of the molecule is C/C(=C\COCCO)C(=O)Nc1ccc2nc(C(=O)N3C[C@@H](CCl)c4c3cc(OC(=O)N(CCOCCO)CCN(C)C(=O)OCc3ccc(NC(=O)[C@H](CCCNC(N)=O)CC(=O)[C@@H](NC(=O)OCCN5C(=O)C=CC5=O)C(C)C)cc3)c3cccc(C)c43)cn2c1. The Balaban J connectivity index is 0.975. The van der Waals surface area contributed by atoms with Crippen molar-refractivity contribution >= 4 is 105 Å². The molecule has 0 aliphatic carbocycles. The molecule has 2 aliphatic heterocycles.